The van der Waals surface area contributed by atoms with Crippen molar-refractivity contribution in [1.82, 2.24) is 0 Å². The summed E-state index contributed by atoms with van der Waals surface area (Å²) in [7, 11) is 0. The summed E-state index contributed by atoms with van der Waals surface area (Å²) < 4.78 is 5.65. The fourth-order valence-electron chi connectivity index (χ4n) is 2.45. The van der Waals surface area contributed by atoms with Gasteiger partial charge in [-0.3, -0.25) is 0 Å². The van der Waals surface area contributed by atoms with E-state index in [0.717, 1.165) is 44.8 Å². The Morgan fingerprint density at radius 3 is 3.06 bits per heavy atom. The summed E-state index contributed by atoms with van der Waals surface area (Å²) in [6, 6.07) is 6.25. The van der Waals surface area contributed by atoms with Crippen molar-refractivity contribution in [2.24, 2.45) is 0 Å². The monoisotopic (exact) mass is 248 g/mol. The van der Waals surface area contributed by atoms with Crippen LogP contribution >= 0.6 is 0 Å². The molecule has 0 atom stereocenters. The number of anilines is 2. The maximum Gasteiger partial charge on any atom is 0.0641 e. The topological polar surface area (TPSA) is 38.5 Å². The lowest BCUT2D eigenvalue weighted by atomic mass is 10.0. The van der Waals surface area contributed by atoms with Crippen molar-refractivity contribution in [2.45, 2.75) is 32.6 Å². The molecule has 1 aliphatic heterocycles. The maximum atomic E-state index is 5.84. The molecular weight excluding hydrogens is 224 g/mol. The van der Waals surface area contributed by atoms with Gasteiger partial charge in [0.15, 0.2) is 0 Å². The smallest absolute Gasteiger partial charge is 0.0641 e. The molecule has 3 heteroatoms. The van der Waals surface area contributed by atoms with Gasteiger partial charge in [0, 0.05) is 31.1 Å². The average Bonchev–Trinajstić information content (AvgIpc) is 2.38. The quantitative estimate of drug-likeness (QED) is 0.621. The molecule has 2 rings (SSSR count). The van der Waals surface area contributed by atoms with Crippen LogP contribution in [0.2, 0.25) is 0 Å². The van der Waals surface area contributed by atoms with Crippen LogP contribution in [-0.2, 0) is 11.2 Å². The zero-order valence-corrected chi connectivity index (χ0v) is 11.3. The van der Waals surface area contributed by atoms with E-state index in [-0.39, 0.29) is 0 Å². The first-order valence-corrected chi connectivity index (χ1v) is 7.02. The van der Waals surface area contributed by atoms with Crippen molar-refractivity contribution in [3.05, 3.63) is 23.8 Å². The van der Waals surface area contributed by atoms with Crippen LogP contribution in [0, 0.1) is 0 Å². The van der Waals surface area contributed by atoms with E-state index in [0.29, 0.717) is 0 Å². The Hall–Kier alpha value is -1.22. The highest BCUT2D eigenvalue weighted by atomic mass is 16.5. The summed E-state index contributed by atoms with van der Waals surface area (Å²) in [5.41, 5.74) is 9.44. The number of nitrogen functional groups attached to an aromatic ring is 1. The molecule has 1 aromatic rings. The number of hydrogen-bond donors (Lipinski definition) is 1. The number of nitrogens with zero attached hydrogens (tertiary/aromatic N) is 1. The van der Waals surface area contributed by atoms with Crippen LogP contribution < -0.4 is 10.6 Å². The summed E-state index contributed by atoms with van der Waals surface area (Å²) >= 11 is 0. The van der Waals surface area contributed by atoms with Crippen molar-refractivity contribution >= 4 is 11.4 Å². The summed E-state index contributed by atoms with van der Waals surface area (Å²) in [6.07, 6.45) is 4.72. The van der Waals surface area contributed by atoms with Gasteiger partial charge in [-0.25, -0.2) is 0 Å². The van der Waals surface area contributed by atoms with E-state index in [1.807, 2.05) is 6.07 Å². The Morgan fingerprint density at radius 2 is 2.22 bits per heavy atom. The number of hydrogen-bond acceptors (Lipinski definition) is 3. The minimum absolute atomic E-state index is 0.823. The molecule has 0 radical (unpaired) electrons. The number of fused-ring (bicyclic) bond motifs is 1. The molecule has 0 saturated carbocycles. The van der Waals surface area contributed by atoms with Crippen LogP contribution in [0.3, 0.4) is 0 Å². The van der Waals surface area contributed by atoms with Gasteiger partial charge in [-0.2, -0.15) is 0 Å². The number of unbranched alkanes of at least 4 members (excludes halogenated alkanes) is 1. The molecular formula is C15H24N2O. The number of rotatable bonds is 6. The molecule has 0 spiro atoms. The van der Waals surface area contributed by atoms with Gasteiger partial charge in [-0.05, 0) is 43.0 Å². The molecule has 100 valence electrons. The van der Waals surface area contributed by atoms with E-state index in [4.69, 9.17) is 10.5 Å². The van der Waals surface area contributed by atoms with Crippen LogP contribution in [0.15, 0.2) is 18.2 Å². The lowest BCUT2D eigenvalue weighted by Crippen LogP contribution is -2.32. The van der Waals surface area contributed by atoms with Crippen molar-refractivity contribution < 1.29 is 4.74 Å². The van der Waals surface area contributed by atoms with Gasteiger partial charge in [0.2, 0.25) is 0 Å². The largest absolute Gasteiger partial charge is 0.399 e. The van der Waals surface area contributed by atoms with Crippen molar-refractivity contribution in [2.75, 3.05) is 36.9 Å². The van der Waals surface area contributed by atoms with Gasteiger partial charge in [-0.1, -0.05) is 13.3 Å². The van der Waals surface area contributed by atoms with Crippen LogP contribution in [-0.4, -0.2) is 26.3 Å². The molecule has 1 aliphatic rings. The molecule has 0 saturated heterocycles. The SMILES string of the molecule is CCCCOCCN1CCCc2cc(N)ccc21. The Morgan fingerprint density at radius 1 is 1.33 bits per heavy atom. The molecule has 0 bridgehead atoms. The van der Waals surface area contributed by atoms with E-state index in [1.54, 1.807) is 0 Å². The molecule has 3 nitrogen and oxygen atoms in total. The predicted molar refractivity (Wildman–Crippen MR) is 77.1 cm³/mol. The second-order valence-corrected chi connectivity index (χ2v) is 4.94. The summed E-state index contributed by atoms with van der Waals surface area (Å²) in [6.45, 7) is 6.02. The van der Waals surface area contributed by atoms with Crippen LogP contribution in [0.4, 0.5) is 11.4 Å². The summed E-state index contributed by atoms with van der Waals surface area (Å²) in [4.78, 5) is 2.42. The fraction of sp³-hybridized carbons (Fsp3) is 0.600. The van der Waals surface area contributed by atoms with E-state index < -0.39 is 0 Å². The Kier molecular flexibility index (Phi) is 4.88. The zero-order valence-electron chi connectivity index (χ0n) is 11.3. The maximum absolute atomic E-state index is 5.84. The van der Waals surface area contributed by atoms with E-state index in [9.17, 15) is 0 Å². The first-order chi connectivity index (χ1) is 8.81. The molecule has 0 unspecified atom stereocenters. The standard InChI is InChI=1S/C15H24N2O/c1-2-3-10-18-11-9-17-8-4-5-13-12-14(16)6-7-15(13)17/h6-7,12H,2-5,8-11,16H2,1H3. The molecule has 1 aromatic carbocycles. The third-order valence-electron chi connectivity index (χ3n) is 3.47. The predicted octanol–water partition coefficient (Wildman–Crippen LogP) is 2.84. The Bertz CT molecular complexity index is 379. The van der Waals surface area contributed by atoms with E-state index >= 15 is 0 Å². The second-order valence-electron chi connectivity index (χ2n) is 4.94. The number of aryl methyl sites for hydroxylation is 1. The van der Waals surface area contributed by atoms with E-state index in [2.05, 4.69) is 24.0 Å². The molecule has 2 N–H and O–H groups in total. The van der Waals surface area contributed by atoms with Gasteiger partial charge in [-0.15, -0.1) is 0 Å². The van der Waals surface area contributed by atoms with Gasteiger partial charge in [0.05, 0.1) is 6.61 Å². The molecule has 0 aromatic heterocycles. The normalized spacial score (nSPS) is 14.6. The lowest BCUT2D eigenvalue weighted by molar-refractivity contribution is 0.137. The van der Waals surface area contributed by atoms with Crippen LogP contribution in [0.1, 0.15) is 31.7 Å². The first-order valence-electron chi connectivity index (χ1n) is 7.02. The van der Waals surface area contributed by atoms with Crippen molar-refractivity contribution in [3.63, 3.8) is 0 Å². The zero-order chi connectivity index (χ0) is 12.8. The fourth-order valence-corrected chi connectivity index (χ4v) is 2.45. The first kappa shape index (κ1) is 13.2. The second kappa shape index (κ2) is 6.64. The van der Waals surface area contributed by atoms with Gasteiger partial charge < -0.3 is 15.4 Å². The third-order valence-corrected chi connectivity index (χ3v) is 3.47. The minimum Gasteiger partial charge on any atom is -0.399 e. The number of ether oxygens (including phenoxy) is 1. The molecule has 18 heavy (non-hydrogen) atoms. The molecule has 0 amide bonds. The van der Waals surface area contributed by atoms with Crippen LogP contribution in [0.5, 0.6) is 0 Å². The van der Waals surface area contributed by atoms with Gasteiger partial charge in [0.25, 0.3) is 0 Å². The summed E-state index contributed by atoms with van der Waals surface area (Å²) in [5.74, 6) is 0. The van der Waals surface area contributed by atoms with Crippen LogP contribution in [0.25, 0.3) is 0 Å². The van der Waals surface area contributed by atoms with Crippen molar-refractivity contribution in [3.8, 4) is 0 Å². The van der Waals surface area contributed by atoms with Gasteiger partial charge >= 0.3 is 0 Å². The highest BCUT2D eigenvalue weighted by molar-refractivity contribution is 5.61. The van der Waals surface area contributed by atoms with Gasteiger partial charge in [0.1, 0.15) is 0 Å². The van der Waals surface area contributed by atoms with Crippen molar-refractivity contribution in [1.29, 1.82) is 0 Å². The average molecular weight is 248 g/mol. The Labute approximate surface area is 110 Å². The number of nitrogens with two attached hydrogens (primary N) is 1. The van der Waals surface area contributed by atoms with E-state index in [1.165, 1.54) is 24.1 Å². The molecule has 0 aliphatic carbocycles. The molecule has 1 heterocycles. The Balaban J connectivity index is 1.88. The third kappa shape index (κ3) is 3.39. The highest BCUT2D eigenvalue weighted by Gasteiger charge is 2.16. The minimum atomic E-state index is 0.823. The number of benzene rings is 1. The lowest BCUT2D eigenvalue weighted by Gasteiger charge is -2.31. The molecule has 0 fully saturated rings. The highest BCUT2D eigenvalue weighted by Crippen LogP contribution is 2.28. The summed E-state index contributed by atoms with van der Waals surface area (Å²) in [5, 5.41) is 0.